The van der Waals surface area contributed by atoms with Gasteiger partial charge in [-0.15, -0.1) is 0 Å². The van der Waals surface area contributed by atoms with Crippen LogP contribution in [0.25, 0.3) is 6.08 Å². The highest BCUT2D eigenvalue weighted by atomic mass is 16.5. The van der Waals surface area contributed by atoms with Gasteiger partial charge in [-0.3, -0.25) is 4.90 Å². The van der Waals surface area contributed by atoms with E-state index in [0.717, 1.165) is 43.4 Å². The zero-order valence-electron chi connectivity index (χ0n) is 13.5. The van der Waals surface area contributed by atoms with Crippen molar-refractivity contribution in [3.05, 3.63) is 41.4 Å². The molecule has 0 aromatic carbocycles. The molecule has 1 unspecified atom stereocenters. The molecular weight excluding hydrogens is 278 g/mol. The average molecular weight is 301 g/mol. The number of nitrogens with zero attached hydrogens (tertiary/aromatic N) is 3. The lowest BCUT2D eigenvalue weighted by atomic mass is 10.2. The summed E-state index contributed by atoms with van der Waals surface area (Å²) in [5.41, 5.74) is 1.27. The van der Waals surface area contributed by atoms with Crippen LogP contribution in [0.5, 0.6) is 0 Å². The van der Waals surface area contributed by atoms with Crippen molar-refractivity contribution in [1.29, 1.82) is 0 Å². The van der Waals surface area contributed by atoms with E-state index in [2.05, 4.69) is 41.9 Å². The van der Waals surface area contributed by atoms with Gasteiger partial charge in [-0.2, -0.15) is 4.98 Å². The topological polar surface area (TPSA) is 55.3 Å². The summed E-state index contributed by atoms with van der Waals surface area (Å²) >= 11 is 0. The van der Waals surface area contributed by atoms with Crippen LogP contribution in [0.3, 0.4) is 0 Å². The summed E-state index contributed by atoms with van der Waals surface area (Å²) in [4.78, 5) is 6.98. The van der Waals surface area contributed by atoms with E-state index in [1.165, 1.54) is 5.57 Å². The molecule has 0 bridgehead atoms. The van der Waals surface area contributed by atoms with Crippen molar-refractivity contribution in [2.75, 3.05) is 13.1 Å². The molecule has 3 heterocycles. The first-order chi connectivity index (χ1) is 10.6. The molecule has 5 nitrogen and oxygen atoms in total. The Hall–Kier alpha value is -1.88. The normalized spacial score (nSPS) is 20.2. The second kappa shape index (κ2) is 6.48. The molecule has 2 aromatic heterocycles. The van der Waals surface area contributed by atoms with Crippen LogP contribution in [0.15, 0.2) is 32.9 Å². The highest BCUT2D eigenvalue weighted by Crippen LogP contribution is 2.32. The Bertz CT molecular complexity index is 628. The maximum Gasteiger partial charge on any atom is 0.244 e. The van der Waals surface area contributed by atoms with Gasteiger partial charge >= 0.3 is 0 Å². The first-order valence-corrected chi connectivity index (χ1v) is 7.91. The van der Waals surface area contributed by atoms with Gasteiger partial charge in [0.2, 0.25) is 5.89 Å². The van der Waals surface area contributed by atoms with Gasteiger partial charge in [-0.05, 0) is 44.5 Å². The zero-order valence-corrected chi connectivity index (χ0v) is 13.5. The first kappa shape index (κ1) is 15.0. The molecule has 2 aromatic rings. The molecule has 0 saturated carbocycles. The van der Waals surface area contributed by atoms with Crippen LogP contribution in [0.4, 0.5) is 0 Å². The quantitative estimate of drug-likeness (QED) is 0.834. The van der Waals surface area contributed by atoms with E-state index in [4.69, 9.17) is 8.94 Å². The maximum atomic E-state index is 5.49. The Balaban J connectivity index is 1.70. The van der Waals surface area contributed by atoms with Gasteiger partial charge in [0.1, 0.15) is 5.76 Å². The summed E-state index contributed by atoms with van der Waals surface area (Å²) in [6, 6.07) is 4.11. The number of hydrogen-bond acceptors (Lipinski definition) is 5. The van der Waals surface area contributed by atoms with E-state index < -0.39 is 0 Å². The third-order valence-corrected chi connectivity index (χ3v) is 4.01. The molecule has 0 spiro atoms. The highest BCUT2D eigenvalue weighted by molar-refractivity contribution is 5.46. The Labute approximate surface area is 131 Å². The summed E-state index contributed by atoms with van der Waals surface area (Å²) in [5, 5.41) is 4.09. The number of furan rings is 1. The van der Waals surface area contributed by atoms with Crippen LogP contribution < -0.4 is 0 Å². The smallest absolute Gasteiger partial charge is 0.244 e. The predicted octanol–water partition coefficient (Wildman–Crippen LogP) is 4.03. The van der Waals surface area contributed by atoms with Crippen LogP contribution in [-0.4, -0.2) is 28.1 Å². The van der Waals surface area contributed by atoms with Gasteiger partial charge in [0.05, 0.1) is 12.3 Å². The van der Waals surface area contributed by atoms with Gasteiger partial charge in [0.15, 0.2) is 5.82 Å². The second-order valence-electron chi connectivity index (χ2n) is 6.28. The van der Waals surface area contributed by atoms with Crippen molar-refractivity contribution in [1.82, 2.24) is 15.0 Å². The summed E-state index contributed by atoms with van der Waals surface area (Å²) in [5.74, 6) is 2.75. The molecule has 0 amide bonds. The second-order valence-corrected chi connectivity index (χ2v) is 6.28. The van der Waals surface area contributed by atoms with Crippen LogP contribution >= 0.6 is 0 Å². The molecule has 22 heavy (non-hydrogen) atoms. The minimum Gasteiger partial charge on any atom is -0.465 e. The third-order valence-electron chi connectivity index (χ3n) is 4.01. The minimum atomic E-state index is 0.236. The molecule has 118 valence electrons. The average Bonchev–Trinajstić information content (AvgIpc) is 3.18. The lowest BCUT2D eigenvalue weighted by Gasteiger charge is -2.21. The fraction of sp³-hybridized carbons (Fsp3) is 0.529. The SMILES string of the molecule is C/C(=C\c1ccco1)CN1CCCC1c1nc(C(C)C)no1. The molecular formula is C17H23N3O2. The van der Waals surface area contributed by atoms with Gasteiger partial charge in [-0.25, -0.2) is 0 Å². The Morgan fingerprint density at radius 3 is 3.05 bits per heavy atom. The lowest BCUT2D eigenvalue weighted by Crippen LogP contribution is -2.25. The largest absolute Gasteiger partial charge is 0.465 e. The zero-order chi connectivity index (χ0) is 15.5. The highest BCUT2D eigenvalue weighted by Gasteiger charge is 2.30. The fourth-order valence-electron chi connectivity index (χ4n) is 2.89. The maximum absolute atomic E-state index is 5.49. The van der Waals surface area contributed by atoms with Crippen molar-refractivity contribution in [2.24, 2.45) is 0 Å². The molecule has 1 aliphatic rings. The summed E-state index contributed by atoms with van der Waals surface area (Å²) in [6.45, 7) is 8.25. The van der Waals surface area contributed by atoms with Crippen molar-refractivity contribution in [2.45, 2.75) is 45.6 Å². The van der Waals surface area contributed by atoms with Gasteiger partial charge in [0, 0.05) is 12.5 Å². The van der Waals surface area contributed by atoms with E-state index in [-0.39, 0.29) is 6.04 Å². The first-order valence-electron chi connectivity index (χ1n) is 7.91. The van der Waals surface area contributed by atoms with E-state index >= 15 is 0 Å². The van der Waals surface area contributed by atoms with Crippen molar-refractivity contribution >= 4 is 6.08 Å². The molecule has 1 aliphatic heterocycles. The van der Waals surface area contributed by atoms with E-state index in [9.17, 15) is 0 Å². The van der Waals surface area contributed by atoms with E-state index in [0.29, 0.717) is 5.92 Å². The fourth-order valence-corrected chi connectivity index (χ4v) is 2.89. The van der Waals surface area contributed by atoms with E-state index in [1.807, 2.05) is 12.1 Å². The summed E-state index contributed by atoms with van der Waals surface area (Å²) in [7, 11) is 0. The number of rotatable bonds is 5. The lowest BCUT2D eigenvalue weighted by molar-refractivity contribution is 0.222. The number of aromatic nitrogens is 2. The molecule has 1 saturated heterocycles. The van der Waals surface area contributed by atoms with Crippen molar-refractivity contribution < 1.29 is 8.94 Å². The van der Waals surface area contributed by atoms with Crippen LogP contribution in [0, 0.1) is 0 Å². The van der Waals surface area contributed by atoms with Crippen molar-refractivity contribution in [3.8, 4) is 0 Å². The molecule has 0 aliphatic carbocycles. The predicted molar refractivity (Wildman–Crippen MR) is 84.3 cm³/mol. The van der Waals surface area contributed by atoms with E-state index in [1.54, 1.807) is 6.26 Å². The minimum absolute atomic E-state index is 0.236. The third kappa shape index (κ3) is 3.30. The summed E-state index contributed by atoms with van der Waals surface area (Å²) < 4.78 is 10.9. The molecule has 3 rings (SSSR count). The molecule has 5 heteroatoms. The van der Waals surface area contributed by atoms with Crippen LogP contribution in [0.2, 0.25) is 0 Å². The molecule has 1 atom stereocenters. The molecule has 1 fully saturated rings. The number of likely N-dealkylation sites (tertiary alicyclic amines) is 1. The Morgan fingerprint density at radius 1 is 1.50 bits per heavy atom. The number of hydrogen-bond donors (Lipinski definition) is 0. The van der Waals surface area contributed by atoms with Gasteiger partial charge < -0.3 is 8.94 Å². The molecule has 0 N–H and O–H groups in total. The van der Waals surface area contributed by atoms with Gasteiger partial charge in [0.25, 0.3) is 0 Å². The monoisotopic (exact) mass is 301 g/mol. The van der Waals surface area contributed by atoms with Crippen LogP contribution in [0.1, 0.15) is 63.0 Å². The Morgan fingerprint density at radius 2 is 2.36 bits per heavy atom. The van der Waals surface area contributed by atoms with Crippen LogP contribution in [-0.2, 0) is 0 Å². The van der Waals surface area contributed by atoms with Gasteiger partial charge in [-0.1, -0.05) is 24.6 Å². The Kier molecular flexibility index (Phi) is 4.43. The van der Waals surface area contributed by atoms with Crippen molar-refractivity contribution in [3.63, 3.8) is 0 Å². The standard InChI is InChI=1S/C17H23N3O2/c1-12(2)16-18-17(22-19-16)15-7-4-8-20(15)11-13(3)10-14-6-5-9-21-14/h5-6,9-10,12,15H,4,7-8,11H2,1-3H3/b13-10+. The molecule has 0 radical (unpaired) electrons. The summed E-state index contributed by atoms with van der Waals surface area (Å²) in [6.07, 6.45) is 6.03.